The normalized spacial score (nSPS) is 8.20. The zero-order valence-electron chi connectivity index (χ0n) is 7.78. The summed E-state index contributed by atoms with van der Waals surface area (Å²) in [6.45, 7) is 0. The molecule has 4 nitrogen and oxygen atoms in total. The Kier molecular flexibility index (Phi) is 7.40. The van der Waals surface area contributed by atoms with Gasteiger partial charge in [-0.3, -0.25) is 0 Å². The van der Waals surface area contributed by atoms with Gasteiger partial charge in [-0.25, -0.2) is 9.59 Å². The first-order valence-electron chi connectivity index (χ1n) is 3.72. The molecule has 0 aliphatic carbocycles. The van der Waals surface area contributed by atoms with Crippen molar-refractivity contribution in [2.24, 2.45) is 0 Å². The number of hydrogen-bond donors (Lipinski definition) is 0. The van der Waals surface area contributed by atoms with Gasteiger partial charge in [-0.1, -0.05) is 18.2 Å². The molecule has 0 fully saturated rings. The lowest BCUT2D eigenvalue weighted by Gasteiger charge is -1.95. The fourth-order valence-corrected chi connectivity index (χ4v) is 0.670. The van der Waals surface area contributed by atoms with E-state index in [4.69, 9.17) is 11.6 Å². The number of carbonyl (C=O) groups excluding carboxylic acids is 2. The topological polar surface area (TPSA) is 52.6 Å². The predicted octanol–water partition coefficient (Wildman–Crippen LogP) is 3.42. The standard InChI is InChI=1S/C7H5ClO2.C2H3ClO2/c8-7(9)10-6-4-2-1-3-5-6;1-5-2(3)4/h1-5H;1H3. The van der Waals surface area contributed by atoms with Crippen molar-refractivity contribution in [3.63, 3.8) is 0 Å². The Hall–Kier alpha value is -1.26. The molecule has 0 bridgehead atoms. The summed E-state index contributed by atoms with van der Waals surface area (Å²) in [5, 5.41) is 0. The Balaban J connectivity index is 0.000000336. The monoisotopic (exact) mass is 250 g/mol. The van der Waals surface area contributed by atoms with Crippen LogP contribution >= 0.6 is 23.2 Å². The molecule has 82 valence electrons. The van der Waals surface area contributed by atoms with Crippen molar-refractivity contribution < 1.29 is 19.1 Å². The summed E-state index contributed by atoms with van der Waals surface area (Å²) in [5.41, 5.74) is -1.59. The van der Waals surface area contributed by atoms with E-state index in [2.05, 4.69) is 21.1 Å². The molecule has 0 saturated heterocycles. The Morgan fingerprint density at radius 1 is 1.07 bits per heavy atom. The van der Waals surface area contributed by atoms with Gasteiger partial charge in [0, 0.05) is 23.2 Å². The maximum Gasteiger partial charge on any atom is 0.409 e. The highest BCUT2D eigenvalue weighted by Crippen LogP contribution is 2.09. The second-order valence-electron chi connectivity index (χ2n) is 2.09. The van der Waals surface area contributed by atoms with Gasteiger partial charge in [-0.15, -0.1) is 0 Å². The minimum atomic E-state index is -0.814. The van der Waals surface area contributed by atoms with E-state index >= 15 is 0 Å². The molecule has 1 rings (SSSR count). The first kappa shape index (κ1) is 13.7. The van der Waals surface area contributed by atoms with Crippen molar-refractivity contribution in [3.05, 3.63) is 30.3 Å². The largest absolute Gasteiger partial charge is 0.457 e. The Labute approximate surface area is 96.7 Å². The molecule has 0 unspecified atom stereocenters. The summed E-state index contributed by atoms with van der Waals surface area (Å²) in [4.78, 5) is 19.5. The number of rotatable bonds is 1. The van der Waals surface area contributed by atoms with E-state index < -0.39 is 10.9 Å². The molecule has 0 radical (unpaired) electrons. The van der Waals surface area contributed by atoms with Crippen LogP contribution in [0.5, 0.6) is 5.75 Å². The van der Waals surface area contributed by atoms with Crippen LogP contribution in [0.1, 0.15) is 0 Å². The molecule has 0 spiro atoms. The average molecular weight is 251 g/mol. The van der Waals surface area contributed by atoms with Crippen molar-refractivity contribution in [2.75, 3.05) is 7.11 Å². The third kappa shape index (κ3) is 9.05. The maximum absolute atomic E-state index is 10.2. The number of carbonyl (C=O) groups is 2. The molecule has 0 amide bonds. The van der Waals surface area contributed by atoms with Crippen LogP contribution < -0.4 is 4.74 Å². The predicted molar refractivity (Wildman–Crippen MR) is 56.6 cm³/mol. The second kappa shape index (κ2) is 8.08. The lowest BCUT2D eigenvalue weighted by Crippen LogP contribution is -1.94. The lowest BCUT2D eigenvalue weighted by atomic mass is 10.3. The molecular weight excluding hydrogens is 243 g/mol. The minimum absolute atomic E-state index is 0.461. The average Bonchev–Trinajstić information content (AvgIpc) is 2.19. The van der Waals surface area contributed by atoms with Gasteiger partial charge < -0.3 is 9.47 Å². The van der Waals surface area contributed by atoms with Gasteiger partial charge in [0.15, 0.2) is 0 Å². The molecule has 15 heavy (non-hydrogen) atoms. The molecule has 0 aliphatic rings. The Morgan fingerprint density at radius 2 is 1.53 bits per heavy atom. The highest BCUT2D eigenvalue weighted by Gasteiger charge is 1.95. The third-order valence-electron chi connectivity index (χ3n) is 1.10. The summed E-state index contributed by atoms with van der Waals surface area (Å²) in [5.74, 6) is 0.461. The molecule has 1 aromatic carbocycles. The molecule has 0 aromatic heterocycles. The summed E-state index contributed by atoms with van der Waals surface area (Å²) in [6.07, 6.45) is 0. The fraction of sp³-hybridized carbons (Fsp3) is 0.111. The second-order valence-corrected chi connectivity index (χ2v) is 2.71. The van der Waals surface area contributed by atoms with Crippen LogP contribution in [0.25, 0.3) is 0 Å². The SMILES string of the molecule is COC(=O)Cl.O=C(Cl)Oc1ccccc1. The summed E-state index contributed by atoms with van der Waals surface area (Å²) in [7, 11) is 1.22. The molecule has 0 heterocycles. The fourth-order valence-electron chi connectivity index (χ4n) is 0.581. The molecule has 0 N–H and O–H groups in total. The highest BCUT2D eigenvalue weighted by molar-refractivity contribution is 6.61. The first-order valence-corrected chi connectivity index (χ1v) is 4.47. The maximum atomic E-state index is 10.2. The number of ether oxygens (including phenoxy) is 2. The highest BCUT2D eigenvalue weighted by atomic mass is 35.5. The molecule has 6 heteroatoms. The van der Waals surface area contributed by atoms with Crippen molar-refractivity contribution in [2.45, 2.75) is 0 Å². The van der Waals surface area contributed by atoms with Crippen LogP contribution in [0.2, 0.25) is 0 Å². The zero-order chi connectivity index (χ0) is 11.7. The summed E-state index contributed by atoms with van der Waals surface area (Å²) in [6, 6.07) is 8.65. The first-order chi connectivity index (χ1) is 7.06. The molecule has 0 atom stereocenters. The van der Waals surface area contributed by atoms with Crippen LogP contribution in [0.15, 0.2) is 30.3 Å². The van der Waals surface area contributed by atoms with Crippen LogP contribution in [0.3, 0.4) is 0 Å². The van der Waals surface area contributed by atoms with E-state index in [1.54, 1.807) is 24.3 Å². The van der Waals surface area contributed by atoms with E-state index in [0.717, 1.165) is 0 Å². The molecular formula is C9H8Cl2O4. The van der Waals surface area contributed by atoms with Crippen LogP contribution in [-0.2, 0) is 4.74 Å². The van der Waals surface area contributed by atoms with Gasteiger partial charge in [-0.05, 0) is 12.1 Å². The van der Waals surface area contributed by atoms with E-state index in [1.807, 2.05) is 6.07 Å². The van der Waals surface area contributed by atoms with Crippen molar-refractivity contribution in [1.29, 1.82) is 0 Å². The number of benzene rings is 1. The van der Waals surface area contributed by atoms with Gasteiger partial charge in [0.05, 0.1) is 7.11 Å². The van der Waals surface area contributed by atoms with Gasteiger partial charge in [-0.2, -0.15) is 0 Å². The Morgan fingerprint density at radius 3 is 1.87 bits per heavy atom. The summed E-state index contributed by atoms with van der Waals surface area (Å²) < 4.78 is 8.42. The van der Waals surface area contributed by atoms with Gasteiger partial charge in [0.25, 0.3) is 0 Å². The quantitative estimate of drug-likeness (QED) is 0.717. The van der Waals surface area contributed by atoms with Crippen LogP contribution in [-0.4, -0.2) is 18.0 Å². The Bertz CT molecular complexity index is 313. The van der Waals surface area contributed by atoms with E-state index in [-0.39, 0.29) is 0 Å². The lowest BCUT2D eigenvalue weighted by molar-refractivity contribution is 0.198. The number of hydrogen-bond acceptors (Lipinski definition) is 4. The minimum Gasteiger partial charge on any atom is -0.457 e. The van der Waals surface area contributed by atoms with E-state index in [0.29, 0.717) is 5.75 Å². The number of methoxy groups -OCH3 is 1. The number of halogens is 2. The van der Waals surface area contributed by atoms with Crippen molar-refractivity contribution in [1.82, 2.24) is 0 Å². The molecule has 0 aliphatic heterocycles. The third-order valence-corrected chi connectivity index (χ3v) is 1.33. The van der Waals surface area contributed by atoms with Crippen molar-refractivity contribution >= 4 is 34.1 Å². The smallest absolute Gasteiger partial charge is 0.409 e. The van der Waals surface area contributed by atoms with Crippen LogP contribution in [0, 0.1) is 0 Å². The van der Waals surface area contributed by atoms with E-state index in [9.17, 15) is 9.59 Å². The van der Waals surface area contributed by atoms with Gasteiger partial charge >= 0.3 is 10.9 Å². The zero-order valence-corrected chi connectivity index (χ0v) is 9.29. The van der Waals surface area contributed by atoms with E-state index in [1.165, 1.54) is 7.11 Å². The molecule has 1 aromatic rings. The van der Waals surface area contributed by atoms with Crippen LogP contribution in [0.4, 0.5) is 9.59 Å². The van der Waals surface area contributed by atoms with Crippen molar-refractivity contribution in [3.8, 4) is 5.75 Å². The molecule has 0 saturated carbocycles. The van der Waals surface area contributed by atoms with Gasteiger partial charge in [0.2, 0.25) is 0 Å². The summed E-state index contributed by atoms with van der Waals surface area (Å²) >= 11 is 9.55. The number of para-hydroxylation sites is 1. The van der Waals surface area contributed by atoms with Gasteiger partial charge in [0.1, 0.15) is 5.75 Å².